The number of hydrogen-bond donors (Lipinski definition) is 1. The molecule has 1 aliphatic carbocycles. The topological polar surface area (TPSA) is 35.2 Å². The predicted molar refractivity (Wildman–Crippen MR) is 82.1 cm³/mol. The maximum absolute atomic E-state index is 13.0. The number of halogens is 2. The Balaban J connectivity index is 1.73. The van der Waals surface area contributed by atoms with Crippen LogP contribution in [0.15, 0.2) is 36.4 Å². The number of fused-ring (bicyclic) bond motifs is 1. The molecule has 110 valence electrons. The van der Waals surface area contributed by atoms with Crippen LogP contribution in [0.1, 0.15) is 35.6 Å². The predicted octanol–water partition coefficient (Wildman–Crippen LogP) is 4.39. The van der Waals surface area contributed by atoms with Crippen molar-refractivity contribution in [3.8, 4) is 5.75 Å². The maximum atomic E-state index is 13.0. The molecule has 2 aromatic rings. The van der Waals surface area contributed by atoms with Crippen LogP contribution in [0.5, 0.6) is 5.75 Å². The third-order valence-electron chi connectivity index (χ3n) is 3.88. The molecule has 1 atom stereocenters. The largest absolute Gasteiger partial charge is 0.489 e. The lowest BCUT2D eigenvalue weighted by Gasteiger charge is -2.22. The lowest BCUT2D eigenvalue weighted by molar-refractivity contribution is 0.305. The summed E-state index contributed by atoms with van der Waals surface area (Å²) in [6.45, 7) is 0.323. The van der Waals surface area contributed by atoms with Crippen LogP contribution in [-0.4, -0.2) is 0 Å². The molecular weight excluding hydrogens is 289 g/mol. The van der Waals surface area contributed by atoms with E-state index in [0.29, 0.717) is 11.6 Å². The molecular formula is C17H17ClFNO. The molecule has 0 saturated carbocycles. The number of aryl methyl sites for hydroxylation is 1. The standard InChI is InChI=1S/C17H17ClFNO/c18-16-9-13(19)5-4-12(16)10-21-14-6-7-15-11(8-14)2-1-3-17(15)20/h4-9,17H,1-3,10,20H2. The highest BCUT2D eigenvalue weighted by molar-refractivity contribution is 6.31. The zero-order valence-electron chi connectivity index (χ0n) is 11.6. The minimum Gasteiger partial charge on any atom is -0.489 e. The van der Waals surface area contributed by atoms with Crippen LogP contribution >= 0.6 is 11.6 Å². The van der Waals surface area contributed by atoms with E-state index in [1.807, 2.05) is 18.2 Å². The van der Waals surface area contributed by atoms with Gasteiger partial charge in [0, 0.05) is 11.6 Å². The molecule has 0 spiro atoms. The van der Waals surface area contributed by atoms with E-state index in [-0.39, 0.29) is 11.9 Å². The van der Waals surface area contributed by atoms with Gasteiger partial charge in [0.15, 0.2) is 0 Å². The molecule has 1 unspecified atom stereocenters. The lowest BCUT2D eigenvalue weighted by Crippen LogP contribution is -2.17. The van der Waals surface area contributed by atoms with Crippen molar-refractivity contribution < 1.29 is 9.13 Å². The van der Waals surface area contributed by atoms with E-state index in [1.54, 1.807) is 6.07 Å². The molecule has 0 radical (unpaired) electrons. The Bertz CT molecular complexity index is 659. The summed E-state index contributed by atoms with van der Waals surface area (Å²) < 4.78 is 18.8. The average molecular weight is 306 g/mol. The molecule has 0 bridgehead atoms. The van der Waals surface area contributed by atoms with E-state index < -0.39 is 0 Å². The molecule has 2 nitrogen and oxygen atoms in total. The van der Waals surface area contributed by atoms with Crippen LogP contribution in [0.2, 0.25) is 5.02 Å². The van der Waals surface area contributed by atoms with Gasteiger partial charge in [-0.3, -0.25) is 0 Å². The Hall–Kier alpha value is -1.58. The second-order valence-electron chi connectivity index (χ2n) is 5.38. The van der Waals surface area contributed by atoms with Crippen molar-refractivity contribution >= 4 is 11.6 Å². The van der Waals surface area contributed by atoms with Gasteiger partial charge in [-0.2, -0.15) is 0 Å². The van der Waals surface area contributed by atoms with Gasteiger partial charge in [0.2, 0.25) is 0 Å². The minimum absolute atomic E-state index is 0.134. The first-order valence-electron chi connectivity index (χ1n) is 7.08. The molecule has 0 aliphatic heterocycles. The molecule has 0 heterocycles. The number of rotatable bonds is 3. The SMILES string of the molecule is NC1CCCc2cc(OCc3ccc(F)cc3Cl)ccc21. The van der Waals surface area contributed by atoms with Gasteiger partial charge in [-0.05, 0) is 54.7 Å². The van der Waals surface area contributed by atoms with Crippen molar-refractivity contribution in [2.24, 2.45) is 5.73 Å². The fourth-order valence-electron chi connectivity index (χ4n) is 2.72. The van der Waals surface area contributed by atoms with Crippen molar-refractivity contribution in [2.75, 3.05) is 0 Å². The van der Waals surface area contributed by atoms with Crippen molar-refractivity contribution in [2.45, 2.75) is 31.9 Å². The van der Waals surface area contributed by atoms with Gasteiger partial charge in [0.25, 0.3) is 0 Å². The van der Waals surface area contributed by atoms with Crippen LogP contribution in [-0.2, 0) is 13.0 Å². The molecule has 0 fully saturated rings. The quantitative estimate of drug-likeness (QED) is 0.912. The van der Waals surface area contributed by atoms with Gasteiger partial charge in [-0.25, -0.2) is 4.39 Å². The highest BCUT2D eigenvalue weighted by Gasteiger charge is 2.17. The molecule has 1 aliphatic rings. The summed E-state index contributed by atoms with van der Waals surface area (Å²) >= 11 is 5.99. The molecule has 4 heteroatoms. The fourth-order valence-corrected chi connectivity index (χ4v) is 2.94. The number of nitrogens with two attached hydrogens (primary N) is 1. The highest BCUT2D eigenvalue weighted by Crippen LogP contribution is 2.31. The number of ether oxygens (including phenoxy) is 1. The second kappa shape index (κ2) is 6.04. The highest BCUT2D eigenvalue weighted by atomic mass is 35.5. The average Bonchev–Trinajstić information content (AvgIpc) is 2.46. The van der Waals surface area contributed by atoms with E-state index in [4.69, 9.17) is 22.1 Å². The number of hydrogen-bond acceptors (Lipinski definition) is 2. The van der Waals surface area contributed by atoms with E-state index in [2.05, 4.69) is 0 Å². The van der Waals surface area contributed by atoms with Crippen molar-refractivity contribution in [1.82, 2.24) is 0 Å². The summed E-state index contributed by atoms with van der Waals surface area (Å²) in [4.78, 5) is 0. The fraction of sp³-hybridized carbons (Fsp3) is 0.294. The van der Waals surface area contributed by atoms with Gasteiger partial charge < -0.3 is 10.5 Å². The summed E-state index contributed by atoms with van der Waals surface area (Å²) in [5, 5.41) is 0.384. The zero-order chi connectivity index (χ0) is 14.8. The van der Waals surface area contributed by atoms with Crippen LogP contribution in [0.25, 0.3) is 0 Å². The molecule has 3 rings (SSSR count). The van der Waals surface area contributed by atoms with Crippen LogP contribution in [0.3, 0.4) is 0 Å². The third-order valence-corrected chi connectivity index (χ3v) is 4.24. The smallest absolute Gasteiger partial charge is 0.124 e. The lowest BCUT2D eigenvalue weighted by atomic mass is 9.88. The summed E-state index contributed by atoms with van der Waals surface area (Å²) in [6, 6.07) is 10.5. The molecule has 2 N–H and O–H groups in total. The third kappa shape index (κ3) is 3.20. The minimum atomic E-state index is -0.341. The maximum Gasteiger partial charge on any atom is 0.124 e. The Morgan fingerprint density at radius 1 is 1.24 bits per heavy atom. The van der Waals surface area contributed by atoms with E-state index in [0.717, 1.165) is 30.6 Å². The molecule has 0 aromatic heterocycles. The van der Waals surface area contributed by atoms with Crippen molar-refractivity contribution in [3.05, 3.63) is 63.9 Å². The summed E-state index contributed by atoms with van der Waals surface area (Å²) in [5.41, 5.74) is 9.35. The van der Waals surface area contributed by atoms with E-state index in [1.165, 1.54) is 23.3 Å². The van der Waals surface area contributed by atoms with Gasteiger partial charge in [-0.1, -0.05) is 23.7 Å². The Morgan fingerprint density at radius 3 is 2.90 bits per heavy atom. The first-order chi connectivity index (χ1) is 10.1. The molecule has 2 aromatic carbocycles. The van der Waals surface area contributed by atoms with E-state index in [9.17, 15) is 4.39 Å². The summed E-state index contributed by atoms with van der Waals surface area (Å²) in [7, 11) is 0. The summed E-state index contributed by atoms with van der Waals surface area (Å²) in [6.07, 6.45) is 3.19. The van der Waals surface area contributed by atoms with Gasteiger partial charge in [-0.15, -0.1) is 0 Å². The monoisotopic (exact) mass is 305 g/mol. The first-order valence-corrected chi connectivity index (χ1v) is 7.46. The Kier molecular flexibility index (Phi) is 4.13. The number of benzene rings is 2. The van der Waals surface area contributed by atoms with Gasteiger partial charge >= 0.3 is 0 Å². The Labute approximate surface area is 128 Å². The van der Waals surface area contributed by atoms with Crippen LogP contribution < -0.4 is 10.5 Å². The molecule has 21 heavy (non-hydrogen) atoms. The normalized spacial score (nSPS) is 17.4. The first kappa shape index (κ1) is 14.4. The van der Waals surface area contributed by atoms with Gasteiger partial charge in [0.1, 0.15) is 18.2 Å². The Morgan fingerprint density at radius 2 is 2.10 bits per heavy atom. The van der Waals surface area contributed by atoms with Crippen molar-refractivity contribution in [1.29, 1.82) is 0 Å². The van der Waals surface area contributed by atoms with Crippen LogP contribution in [0.4, 0.5) is 4.39 Å². The van der Waals surface area contributed by atoms with E-state index >= 15 is 0 Å². The zero-order valence-corrected chi connectivity index (χ0v) is 12.4. The van der Waals surface area contributed by atoms with Gasteiger partial charge in [0.05, 0.1) is 5.02 Å². The second-order valence-corrected chi connectivity index (χ2v) is 5.79. The molecule has 0 amide bonds. The molecule has 0 saturated heterocycles. The van der Waals surface area contributed by atoms with Crippen LogP contribution in [0, 0.1) is 5.82 Å². The van der Waals surface area contributed by atoms with Crippen molar-refractivity contribution in [3.63, 3.8) is 0 Å². The summed E-state index contributed by atoms with van der Waals surface area (Å²) in [5.74, 6) is 0.453.